The molecule has 8 heteroatoms. The molecule has 22 heavy (non-hydrogen) atoms. The summed E-state index contributed by atoms with van der Waals surface area (Å²) in [7, 11) is 0. The minimum absolute atomic E-state index is 0.0565. The van der Waals surface area contributed by atoms with Crippen LogP contribution in [0, 0.1) is 0 Å². The largest absolute Gasteiger partial charge is 0.353 e. The van der Waals surface area contributed by atoms with Crippen molar-refractivity contribution >= 4 is 22.7 Å². The van der Waals surface area contributed by atoms with Gasteiger partial charge in [0.15, 0.2) is 0 Å². The SMILES string of the molecule is O=C1CN(C(=O)Cn2c(=O)[nH]c3ccccc3c2=O)CCN1. The minimum atomic E-state index is -0.640. The Morgan fingerprint density at radius 1 is 1.18 bits per heavy atom. The van der Waals surface area contributed by atoms with Crippen molar-refractivity contribution in [3.8, 4) is 0 Å². The highest BCUT2D eigenvalue weighted by molar-refractivity contribution is 5.86. The van der Waals surface area contributed by atoms with Crippen LogP contribution in [0.2, 0.25) is 0 Å². The van der Waals surface area contributed by atoms with Crippen molar-refractivity contribution in [1.29, 1.82) is 0 Å². The first-order chi connectivity index (χ1) is 10.6. The standard InChI is InChI=1S/C14H14N4O4/c19-11-7-17(6-5-15-11)12(20)8-18-13(21)9-3-1-2-4-10(9)16-14(18)22/h1-4H,5-8H2,(H,15,19)(H,16,22). The van der Waals surface area contributed by atoms with Gasteiger partial charge >= 0.3 is 5.69 Å². The van der Waals surface area contributed by atoms with E-state index in [2.05, 4.69) is 10.3 Å². The number of para-hydroxylation sites is 1. The maximum atomic E-state index is 12.3. The van der Waals surface area contributed by atoms with Gasteiger partial charge in [0.1, 0.15) is 6.54 Å². The molecule has 2 heterocycles. The highest BCUT2D eigenvalue weighted by atomic mass is 16.2. The van der Waals surface area contributed by atoms with Crippen molar-refractivity contribution in [3.05, 3.63) is 45.1 Å². The molecule has 0 atom stereocenters. The third-order valence-electron chi connectivity index (χ3n) is 3.57. The smallest absolute Gasteiger partial charge is 0.329 e. The van der Waals surface area contributed by atoms with Crippen molar-refractivity contribution in [2.24, 2.45) is 0 Å². The molecule has 3 rings (SSSR count). The van der Waals surface area contributed by atoms with E-state index in [4.69, 9.17) is 0 Å². The molecule has 0 saturated carbocycles. The van der Waals surface area contributed by atoms with Crippen LogP contribution in [0.25, 0.3) is 10.9 Å². The second-order valence-electron chi connectivity index (χ2n) is 5.03. The van der Waals surface area contributed by atoms with Gasteiger partial charge in [0, 0.05) is 13.1 Å². The monoisotopic (exact) mass is 302 g/mol. The number of amides is 2. The molecule has 0 aliphatic carbocycles. The Kier molecular flexibility index (Phi) is 3.50. The van der Waals surface area contributed by atoms with Crippen LogP contribution >= 0.6 is 0 Å². The first-order valence-electron chi connectivity index (χ1n) is 6.82. The predicted molar refractivity (Wildman–Crippen MR) is 78.4 cm³/mol. The van der Waals surface area contributed by atoms with E-state index in [-0.39, 0.29) is 19.0 Å². The number of hydrogen-bond donors (Lipinski definition) is 2. The lowest BCUT2D eigenvalue weighted by Gasteiger charge is -2.26. The highest BCUT2D eigenvalue weighted by Gasteiger charge is 2.22. The van der Waals surface area contributed by atoms with Crippen LogP contribution in [0.5, 0.6) is 0 Å². The third-order valence-corrected chi connectivity index (χ3v) is 3.57. The Bertz CT molecular complexity index is 867. The summed E-state index contributed by atoms with van der Waals surface area (Å²) in [5.41, 5.74) is -0.730. The molecule has 1 saturated heterocycles. The van der Waals surface area contributed by atoms with Crippen molar-refractivity contribution in [2.75, 3.05) is 19.6 Å². The number of nitrogens with one attached hydrogen (secondary N) is 2. The van der Waals surface area contributed by atoms with Crippen LogP contribution in [0.4, 0.5) is 0 Å². The van der Waals surface area contributed by atoms with Gasteiger partial charge in [-0.3, -0.25) is 19.0 Å². The van der Waals surface area contributed by atoms with E-state index in [0.717, 1.165) is 4.57 Å². The number of carbonyl (C=O) groups is 2. The number of aromatic nitrogens is 2. The number of nitrogens with zero attached hydrogens (tertiary/aromatic N) is 2. The predicted octanol–water partition coefficient (Wildman–Crippen LogP) is -1.35. The van der Waals surface area contributed by atoms with E-state index < -0.39 is 17.2 Å². The molecule has 0 spiro atoms. The third kappa shape index (κ3) is 2.50. The summed E-state index contributed by atoms with van der Waals surface area (Å²) in [6, 6.07) is 6.60. The maximum Gasteiger partial charge on any atom is 0.329 e. The summed E-state index contributed by atoms with van der Waals surface area (Å²) >= 11 is 0. The van der Waals surface area contributed by atoms with Crippen LogP contribution in [0.3, 0.4) is 0 Å². The quantitative estimate of drug-likeness (QED) is 0.715. The molecule has 114 valence electrons. The number of benzene rings is 1. The van der Waals surface area contributed by atoms with Gasteiger partial charge in [0.2, 0.25) is 11.8 Å². The lowest BCUT2D eigenvalue weighted by atomic mass is 10.2. The summed E-state index contributed by atoms with van der Waals surface area (Å²) in [5.74, 6) is -0.683. The van der Waals surface area contributed by atoms with Crippen LogP contribution in [-0.2, 0) is 16.1 Å². The van der Waals surface area contributed by atoms with Gasteiger partial charge < -0.3 is 15.2 Å². The molecule has 2 aromatic rings. The summed E-state index contributed by atoms with van der Waals surface area (Å²) in [4.78, 5) is 51.7. The number of aromatic amines is 1. The van der Waals surface area contributed by atoms with Crippen molar-refractivity contribution in [1.82, 2.24) is 19.8 Å². The number of carbonyl (C=O) groups excluding carboxylic acids is 2. The molecule has 8 nitrogen and oxygen atoms in total. The molecular weight excluding hydrogens is 288 g/mol. The summed E-state index contributed by atoms with van der Waals surface area (Å²) in [6.07, 6.45) is 0. The zero-order chi connectivity index (χ0) is 15.7. The van der Waals surface area contributed by atoms with Gasteiger partial charge in [0.05, 0.1) is 17.4 Å². The Morgan fingerprint density at radius 2 is 1.95 bits per heavy atom. The second kappa shape index (κ2) is 5.47. The summed E-state index contributed by atoms with van der Waals surface area (Å²) < 4.78 is 0.858. The second-order valence-corrected chi connectivity index (χ2v) is 5.03. The molecule has 1 fully saturated rings. The molecule has 1 aliphatic heterocycles. The zero-order valence-corrected chi connectivity index (χ0v) is 11.7. The highest BCUT2D eigenvalue weighted by Crippen LogP contribution is 2.03. The first kappa shape index (κ1) is 14.1. The van der Waals surface area contributed by atoms with Crippen LogP contribution in [0.15, 0.2) is 33.9 Å². The molecule has 2 N–H and O–H groups in total. The van der Waals surface area contributed by atoms with Crippen LogP contribution < -0.4 is 16.6 Å². The lowest BCUT2D eigenvalue weighted by Crippen LogP contribution is -2.52. The normalized spacial score (nSPS) is 14.9. The van der Waals surface area contributed by atoms with Crippen LogP contribution in [0.1, 0.15) is 0 Å². The van der Waals surface area contributed by atoms with Crippen molar-refractivity contribution < 1.29 is 9.59 Å². The number of piperazine rings is 1. The molecule has 1 aliphatic rings. The molecule has 0 radical (unpaired) electrons. The van der Waals surface area contributed by atoms with Gasteiger partial charge in [-0.05, 0) is 12.1 Å². The van der Waals surface area contributed by atoms with Gasteiger partial charge in [-0.25, -0.2) is 4.79 Å². The summed E-state index contributed by atoms with van der Waals surface area (Å²) in [5, 5.41) is 2.95. The minimum Gasteiger partial charge on any atom is -0.353 e. The van der Waals surface area contributed by atoms with E-state index in [1.165, 1.54) is 4.90 Å². The van der Waals surface area contributed by atoms with Crippen molar-refractivity contribution in [2.45, 2.75) is 6.54 Å². The summed E-state index contributed by atoms with van der Waals surface area (Å²) in [6.45, 7) is 0.295. The van der Waals surface area contributed by atoms with Crippen LogP contribution in [-0.4, -0.2) is 45.9 Å². The number of H-pyrrole nitrogens is 1. The van der Waals surface area contributed by atoms with Gasteiger partial charge in [0.25, 0.3) is 5.56 Å². The fourth-order valence-electron chi connectivity index (χ4n) is 2.43. The fourth-order valence-corrected chi connectivity index (χ4v) is 2.43. The Hall–Kier alpha value is -2.90. The number of rotatable bonds is 2. The Balaban J connectivity index is 1.94. The van der Waals surface area contributed by atoms with E-state index >= 15 is 0 Å². The maximum absolute atomic E-state index is 12.3. The molecule has 0 bridgehead atoms. The molecular formula is C14H14N4O4. The fraction of sp³-hybridized carbons (Fsp3) is 0.286. The number of hydrogen-bond acceptors (Lipinski definition) is 4. The van der Waals surface area contributed by atoms with E-state index in [9.17, 15) is 19.2 Å². The molecule has 1 aromatic carbocycles. The van der Waals surface area contributed by atoms with Gasteiger partial charge in [-0.1, -0.05) is 12.1 Å². The van der Waals surface area contributed by atoms with Gasteiger partial charge in [-0.2, -0.15) is 0 Å². The Morgan fingerprint density at radius 3 is 2.73 bits per heavy atom. The Labute approximate surface area is 124 Å². The van der Waals surface area contributed by atoms with Crippen molar-refractivity contribution in [3.63, 3.8) is 0 Å². The zero-order valence-electron chi connectivity index (χ0n) is 11.7. The van der Waals surface area contributed by atoms with E-state index in [1.54, 1.807) is 24.3 Å². The molecule has 0 unspecified atom stereocenters. The van der Waals surface area contributed by atoms with E-state index in [0.29, 0.717) is 24.0 Å². The topological polar surface area (TPSA) is 104 Å². The molecule has 1 aromatic heterocycles. The van der Waals surface area contributed by atoms with E-state index in [1.807, 2.05) is 0 Å². The average Bonchev–Trinajstić information content (AvgIpc) is 2.51. The lowest BCUT2D eigenvalue weighted by molar-refractivity contribution is -0.138. The van der Waals surface area contributed by atoms with Gasteiger partial charge in [-0.15, -0.1) is 0 Å². The average molecular weight is 302 g/mol. The first-order valence-corrected chi connectivity index (χ1v) is 6.82. The molecule has 2 amide bonds. The number of fused-ring (bicyclic) bond motifs is 1.